The van der Waals surface area contributed by atoms with Crippen molar-refractivity contribution < 1.29 is 27.9 Å². The summed E-state index contributed by atoms with van der Waals surface area (Å²) in [5.74, 6) is -3.72. The van der Waals surface area contributed by atoms with Crippen molar-refractivity contribution in [2.24, 2.45) is 0 Å². The molecule has 0 saturated heterocycles. The van der Waals surface area contributed by atoms with E-state index in [1.807, 2.05) is 5.32 Å². The molecule has 2 rings (SSSR count). The van der Waals surface area contributed by atoms with Crippen LogP contribution in [-0.2, 0) is 9.59 Å². The number of carbonyl (C=O) groups excluding carboxylic acids is 2. The second-order valence-electron chi connectivity index (χ2n) is 4.30. The van der Waals surface area contributed by atoms with Crippen molar-refractivity contribution in [2.75, 3.05) is 11.9 Å². The van der Waals surface area contributed by atoms with Crippen molar-refractivity contribution in [1.82, 2.24) is 5.32 Å². The Morgan fingerprint density at radius 3 is 2.64 bits per heavy atom. The van der Waals surface area contributed by atoms with E-state index in [1.165, 1.54) is 12.3 Å². The highest BCUT2D eigenvalue weighted by molar-refractivity contribution is 6.39. The lowest BCUT2D eigenvalue weighted by Crippen LogP contribution is -2.39. The highest BCUT2D eigenvalue weighted by Gasteiger charge is 2.22. The molecule has 1 heterocycles. The van der Waals surface area contributed by atoms with Crippen LogP contribution in [0.2, 0.25) is 0 Å². The van der Waals surface area contributed by atoms with E-state index in [0.29, 0.717) is 0 Å². The Morgan fingerprint density at radius 1 is 1.23 bits per heavy atom. The molecule has 8 heteroatoms. The number of halogens is 2. The zero-order chi connectivity index (χ0) is 16.1. The van der Waals surface area contributed by atoms with Crippen LogP contribution in [0.15, 0.2) is 41.0 Å². The Balaban J connectivity index is 2.03. The van der Waals surface area contributed by atoms with E-state index >= 15 is 0 Å². The molecule has 3 N–H and O–H groups in total. The third kappa shape index (κ3) is 3.67. The van der Waals surface area contributed by atoms with Crippen LogP contribution in [-0.4, -0.2) is 23.5 Å². The second-order valence-corrected chi connectivity index (χ2v) is 4.30. The van der Waals surface area contributed by atoms with Gasteiger partial charge in [0.1, 0.15) is 23.4 Å². The van der Waals surface area contributed by atoms with E-state index in [0.717, 1.165) is 18.2 Å². The summed E-state index contributed by atoms with van der Waals surface area (Å²) in [6, 6.07) is 4.57. The standard InChI is InChI=1S/C14H12F2N2O4/c15-8-3-4-9(16)10(6-8)17-13(20)14(21)18-11(7-19)12-2-1-5-22-12/h1-6,11,19H,7H2,(H,17,20)(H,18,21). The molecular weight excluding hydrogens is 298 g/mol. The van der Waals surface area contributed by atoms with Crippen LogP contribution in [0.4, 0.5) is 14.5 Å². The van der Waals surface area contributed by atoms with Crippen LogP contribution >= 0.6 is 0 Å². The topological polar surface area (TPSA) is 91.6 Å². The van der Waals surface area contributed by atoms with E-state index in [4.69, 9.17) is 4.42 Å². The monoisotopic (exact) mass is 310 g/mol. The van der Waals surface area contributed by atoms with Crippen LogP contribution in [0.25, 0.3) is 0 Å². The SMILES string of the molecule is O=C(Nc1cc(F)ccc1F)C(=O)NC(CO)c1ccco1. The fraction of sp³-hybridized carbons (Fsp3) is 0.143. The zero-order valence-electron chi connectivity index (χ0n) is 11.2. The molecule has 22 heavy (non-hydrogen) atoms. The zero-order valence-corrected chi connectivity index (χ0v) is 11.2. The lowest BCUT2D eigenvalue weighted by Gasteiger charge is -2.13. The average molecular weight is 310 g/mol. The molecule has 0 aliphatic heterocycles. The quantitative estimate of drug-likeness (QED) is 0.743. The second kappa shape index (κ2) is 6.81. The summed E-state index contributed by atoms with van der Waals surface area (Å²) >= 11 is 0. The summed E-state index contributed by atoms with van der Waals surface area (Å²) in [5.41, 5.74) is -0.460. The predicted octanol–water partition coefficient (Wildman–Crippen LogP) is 1.35. The fourth-order valence-corrected chi connectivity index (χ4v) is 1.69. The number of amides is 2. The number of hydrogen-bond donors (Lipinski definition) is 3. The van der Waals surface area contributed by atoms with Crippen molar-refractivity contribution >= 4 is 17.5 Å². The van der Waals surface area contributed by atoms with Crippen molar-refractivity contribution in [1.29, 1.82) is 0 Å². The Bertz CT molecular complexity index is 673. The van der Waals surface area contributed by atoms with Crippen LogP contribution < -0.4 is 10.6 Å². The summed E-state index contributed by atoms with van der Waals surface area (Å²) in [6.45, 7) is -0.499. The smallest absolute Gasteiger partial charge is 0.313 e. The van der Waals surface area contributed by atoms with Gasteiger partial charge in [-0.3, -0.25) is 9.59 Å². The Hall–Kier alpha value is -2.74. The number of rotatable bonds is 4. The van der Waals surface area contributed by atoms with Crippen molar-refractivity contribution in [3.05, 3.63) is 54.0 Å². The highest BCUT2D eigenvalue weighted by Crippen LogP contribution is 2.16. The van der Waals surface area contributed by atoms with E-state index in [-0.39, 0.29) is 5.76 Å². The van der Waals surface area contributed by atoms with Gasteiger partial charge in [0.05, 0.1) is 18.6 Å². The Labute approximate surface area is 123 Å². The number of aliphatic hydroxyl groups is 1. The number of anilines is 1. The number of benzene rings is 1. The molecule has 116 valence electrons. The molecule has 0 fully saturated rings. The van der Waals surface area contributed by atoms with E-state index in [1.54, 1.807) is 6.07 Å². The molecule has 2 amide bonds. The maximum Gasteiger partial charge on any atom is 0.313 e. The van der Waals surface area contributed by atoms with Gasteiger partial charge < -0.3 is 20.2 Å². The molecule has 1 atom stereocenters. The van der Waals surface area contributed by atoms with Gasteiger partial charge in [0.25, 0.3) is 0 Å². The first kappa shape index (κ1) is 15.6. The fourth-order valence-electron chi connectivity index (χ4n) is 1.69. The molecule has 2 aromatic rings. The van der Waals surface area contributed by atoms with Gasteiger partial charge in [-0.25, -0.2) is 8.78 Å². The predicted molar refractivity (Wildman–Crippen MR) is 71.7 cm³/mol. The first-order valence-electron chi connectivity index (χ1n) is 6.22. The van der Waals surface area contributed by atoms with E-state index in [2.05, 4.69) is 5.32 Å². The summed E-state index contributed by atoms with van der Waals surface area (Å²) in [6.07, 6.45) is 1.34. The van der Waals surface area contributed by atoms with Gasteiger partial charge >= 0.3 is 11.8 Å². The molecule has 0 aliphatic carbocycles. The number of furan rings is 1. The third-order valence-corrected chi connectivity index (χ3v) is 2.76. The number of nitrogens with one attached hydrogen (secondary N) is 2. The molecule has 0 spiro atoms. The van der Waals surface area contributed by atoms with Crippen LogP contribution in [0.5, 0.6) is 0 Å². The van der Waals surface area contributed by atoms with Crippen LogP contribution in [0.3, 0.4) is 0 Å². The maximum absolute atomic E-state index is 13.4. The number of hydrogen-bond acceptors (Lipinski definition) is 4. The van der Waals surface area contributed by atoms with Gasteiger partial charge in [0, 0.05) is 6.07 Å². The minimum absolute atomic E-state index is 0.251. The van der Waals surface area contributed by atoms with Crippen molar-refractivity contribution in [3.8, 4) is 0 Å². The first-order valence-corrected chi connectivity index (χ1v) is 6.22. The average Bonchev–Trinajstić information content (AvgIpc) is 3.02. The van der Waals surface area contributed by atoms with Crippen molar-refractivity contribution in [3.63, 3.8) is 0 Å². The summed E-state index contributed by atoms with van der Waals surface area (Å²) < 4.78 is 31.4. The Morgan fingerprint density at radius 2 is 2.00 bits per heavy atom. The molecule has 0 bridgehead atoms. The van der Waals surface area contributed by atoms with Gasteiger partial charge in [-0.15, -0.1) is 0 Å². The molecule has 1 aromatic heterocycles. The van der Waals surface area contributed by atoms with Crippen LogP contribution in [0.1, 0.15) is 11.8 Å². The van der Waals surface area contributed by atoms with Crippen LogP contribution in [0, 0.1) is 11.6 Å². The number of aliphatic hydroxyl groups excluding tert-OH is 1. The third-order valence-electron chi connectivity index (χ3n) is 2.76. The minimum Gasteiger partial charge on any atom is -0.467 e. The van der Waals surface area contributed by atoms with Gasteiger partial charge in [0.15, 0.2) is 0 Å². The minimum atomic E-state index is -1.20. The molecule has 0 saturated carbocycles. The normalized spacial score (nSPS) is 11.8. The van der Waals surface area contributed by atoms with Crippen molar-refractivity contribution in [2.45, 2.75) is 6.04 Å². The van der Waals surface area contributed by atoms with E-state index in [9.17, 15) is 23.5 Å². The molecular formula is C14H12F2N2O4. The van der Waals surface area contributed by atoms with Gasteiger partial charge in [-0.1, -0.05) is 0 Å². The van der Waals surface area contributed by atoms with E-state index < -0.39 is 41.8 Å². The Kier molecular flexibility index (Phi) is 4.84. The largest absolute Gasteiger partial charge is 0.467 e. The summed E-state index contributed by atoms with van der Waals surface area (Å²) in [4.78, 5) is 23.4. The molecule has 6 nitrogen and oxygen atoms in total. The number of carbonyl (C=O) groups is 2. The molecule has 0 aliphatic rings. The molecule has 0 radical (unpaired) electrons. The maximum atomic E-state index is 13.4. The molecule has 1 aromatic carbocycles. The first-order chi connectivity index (χ1) is 10.5. The van der Waals surface area contributed by atoms with Gasteiger partial charge in [-0.05, 0) is 24.3 Å². The lowest BCUT2D eigenvalue weighted by atomic mass is 10.2. The summed E-state index contributed by atoms with van der Waals surface area (Å²) in [5, 5.41) is 13.3. The highest BCUT2D eigenvalue weighted by atomic mass is 19.1. The van der Waals surface area contributed by atoms with Gasteiger partial charge in [-0.2, -0.15) is 0 Å². The molecule has 1 unspecified atom stereocenters. The van der Waals surface area contributed by atoms with Gasteiger partial charge in [0.2, 0.25) is 0 Å². The summed E-state index contributed by atoms with van der Waals surface area (Å²) in [7, 11) is 0. The lowest BCUT2D eigenvalue weighted by molar-refractivity contribution is -0.136.